The molecule has 0 spiro atoms. The fraction of sp³-hybridized carbons (Fsp3) is 0.500. The van der Waals surface area contributed by atoms with Gasteiger partial charge in [0.15, 0.2) is 5.78 Å². The summed E-state index contributed by atoms with van der Waals surface area (Å²) in [6.45, 7) is 4.00. The number of nitrogens with zero attached hydrogens (tertiary/aromatic N) is 4. The topological polar surface area (TPSA) is 60.2 Å². The highest BCUT2D eigenvalue weighted by atomic mass is 35.5. The van der Waals surface area contributed by atoms with Gasteiger partial charge in [-0.05, 0) is 55.5 Å². The summed E-state index contributed by atoms with van der Waals surface area (Å²) in [6, 6.07) is 1.44. The van der Waals surface area contributed by atoms with Gasteiger partial charge < -0.3 is 0 Å². The average Bonchev–Trinajstić information content (AvgIpc) is 3.24. The number of rotatable bonds is 4. The van der Waals surface area contributed by atoms with E-state index in [4.69, 9.17) is 11.6 Å². The molecular weight excluding hydrogens is 418 g/mol. The minimum Gasteiger partial charge on any atom is -0.293 e. The van der Waals surface area contributed by atoms with Crippen LogP contribution in [0, 0.1) is 18.8 Å². The van der Waals surface area contributed by atoms with E-state index in [0.717, 1.165) is 18.4 Å². The highest BCUT2D eigenvalue weighted by molar-refractivity contribution is 7.13. The monoisotopic (exact) mass is 438 g/mol. The number of aryl methyl sites for hydroxylation is 1. The molecule has 3 atom stereocenters. The summed E-state index contributed by atoms with van der Waals surface area (Å²) >= 11 is 7.71. The fourth-order valence-corrected chi connectivity index (χ4v) is 5.49. The van der Waals surface area contributed by atoms with Crippen LogP contribution in [0.15, 0.2) is 17.8 Å². The van der Waals surface area contributed by atoms with Gasteiger partial charge in [0.2, 0.25) is 0 Å². The summed E-state index contributed by atoms with van der Waals surface area (Å²) in [5.41, 5.74) is 1.32. The molecule has 1 aliphatic rings. The third kappa shape index (κ3) is 3.80. The summed E-state index contributed by atoms with van der Waals surface area (Å²) in [5.74, 6) is 0.380. The van der Waals surface area contributed by atoms with Crippen LogP contribution in [0.25, 0.3) is 5.78 Å². The Kier molecular flexibility index (Phi) is 5.66. The summed E-state index contributed by atoms with van der Waals surface area (Å²) < 4.78 is 28.2. The number of thiophene rings is 1. The summed E-state index contributed by atoms with van der Waals surface area (Å²) in [7, 11) is 0. The quantitative estimate of drug-likeness (QED) is 0.377. The molecule has 3 aromatic heterocycles. The first kappa shape index (κ1) is 20.3. The lowest BCUT2D eigenvalue weighted by molar-refractivity contribution is 0.0911. The molecule has 0 amide bonds. The molecule has 154 valence electrons. The number of hydrogen-bond donors (Lipinski definition) is 0. The van der Waals surface area contributed by atoms with E-state index in [1.54, 1.807) is 4.52 Å². The largest absolute Gasteiger partial charge is 0.293 e. The molecule has 1 saturated carbocycles. The van der Waals surface area contributed by atoms with E-state index in [-0.39, 0.29) is 35.0 Å². The highest BCUT2D eigenvalue weighted by Gasteiger charge is 2.33. The molecule has 4 rings (SSSR count). The Morgan fingerprint density at radius 2 is 2.07 bits per heavy atom. The van der Waals surface area contributed by atoms with Gasteiger partial charge in [0, 0.05) is 11.8 Å². The Labute approximate surface area is 176 Å². The normalized spacial score (nSPS) is 22.9. The average molecular weight is 439 g/mol. The molecule has 1 fully saturated rings. The number of carbonyl (C=O) groups excluding carboxylic acids is 1. The summed E-state index contributed by atoms with van der Waals surface area (Å²) in [4.78, 5) is 21.6. The molecule has 29 heavy (non-hydrogen) atoms. The van der Waals surface area contributed by atoms with Crippen LogP contribution < -0.4 is 0 Å². The van der Waals surface area contributed by atoms with Gasteiger partial charge in [-0.1, -0.05) is 18.5 Å². The first-order chi connectivity index (χ1) is 13.9. The minimum atomic E-state index is -2.67. The van der Waals surface area contributed by atoms with Gasteiger partial charge in [0.1, 0.15) is 12.0 Å². The molecule has 3 heterocycles. The molecule has 1 aliphatic carbocycles. The predicted octanol–water partition coefficient (Wildman–Crippen LogP) is 5.88. The Hall–Kier alpha value is -1.93. The van der Waals surface area contributed by atoms with Crippen LogP contribution in [0.1, 0.15) is 71.6 Å². The smallest absolute Gasteiger partial charge is 0.280 e. The second kappa shape index (κ2) is 8.07. The molecule has 0 bridgehead atoms. The van der Waals surface area contributed by atoms with E-state index < -0.39 is 6.43 Å². The van der Waals surface area contributed by atoms with Crippen molar-refractivity contribution in [2.24, 2.45) is 11.8 Å². The van der Waals surface area contributed by atoms with Crippen LogP contribution in [0.4, 0.5) is 8.78 Å². The van der Waals surface area contributed by atoms with Crippen molar-refractivity contribution < 1.29 is 13.6 Å². The van der Waals surface area contributed by atoms with Crippen molar-refractivity contribution >= 4 is 34.5 Å². The number of halogens is 3. The van der Waals surface area contributed by atoms with Crippen LogP contribution in [0.2, 0.25) is 5.02 Å². The van der Waals surface area contributed by atoms with Gasteiger partial charge in [0.05, 0.1) is 15.6 Å². The van der Waals surface area contributed by atoms with Crippen molar-refractivity contribution in [2.75, 3.05) is 0 Å². The lowest BCUT2D eigenvalue weighted by Gasteiger charge is -2.22. The Morgan fingerprint density at radius 1 is 1.31 bits per heavy atom. The van der Waals surface area contributed by atoms with E-state index in [0.29, 0.717) is 28.4 Å². The summed E-state index contributed by atoms with van der Waals surface area (Å²) in [6.07, 6.45) is 1.64. The van der Waals surface area contributed by atoms with Crippen molar-refractivity contribution in [3.8, 4) is 0 Å². The molecule has 2 unspecified atom stereocenters. The third-order valence-corrected chi connectivity index (χ3v) is 7.59. The van der Waals surface area contributed by atoms with E-state index >= 15 is 0 Å². The number of aromatic nitrogens is 4. The van der Waals surface area contributed by atoms with Crippen molar-refractivity contribution in [2.45, 2.75) is 51.9 Å². The van der Waals surface area contributed by atoms with Crippen LogP contribution in [0.3, 0.4) is 0 Å². The minimum absolute atomic E-state index is 0.00181. The van der Waals surface area contributed by atoms with Gasteiger partial charge in [0.25, 0.3) is 12.2 Å². The standard InChI is InChI=1S/C20H21ClF2N4OS/c1-10-3-4-12(17(28)18-16(21)11(2)8-29-18)5-6-13(10)15-7-14(19(22)23)26-20-24-9-25-27(15)20/h7-10,12-13,19H,3-6H2,1-2H3/t10?,12?,13-/m1/s1. The van der Waals surface area contributed by atoms with E-state index in [9.17, 15) is 13.6 Å². The first-order valence-corrected chi connectivity index (χ1v) is 10.9. The van der Waals surface area contributed by atoms with E-state index in [1.807, 2.05) is 12.3 Å². The maximum Gasteiger partial charge on any atom is 0.280 e. The van der Waals surface area contributed by atoms with Crippen molar-refractivity contribution in [3.63, 3.8) is 0 Å². The van der Waals surface area contributed by atoms with Gasteiger partial charge in [-0.15, -0.1) is 11.3 Å². The van der Waals surface area contributed by atoms with Gasteiger partial charge in [-0.2, -0.15) is 10.1 Å². The summed E-state index contributed by atoms with van der Waals surface area (Å²) in [5, 5.41) is 6.65. The molecule has 0 radical (unpaired) electrons. The van der Waals surface area contributed by atoms with Crippen molar-refractivity contribution in [1.82, 2.24) is 19.6 Å². The molecule has 0 aromatic carbocycles. The second-order valence-electron chi connectivity index (χ2n) is 7.74. The van der Waals surface area contributed by atoms with Gasteiger partial charge >= 0.3 is 0 Å². The molecule has 0 N–H and O–H groups in total. The zero-order chi connectivity index (χ0) is 20.7. The Balaban J connectivity index is 1.63. The van der Waals surface area contributed by atoms with Crippen LogP contribution >= 0.6 is 22.9 Å². The molecule has 0 aliphatic heterocycles. The predicted molar refractivity (Wildman–Crippen MR) is 108 cm³/mol. The maximum atomic E-state index is 13.3. The van der Waals surface area contributed by atoms with Crippen LogP contribution in [-0.2, 0) is 0 Å². The van der Waals surface area contributed by atoms with Crippen molar-refractivity contribution in [3.05, 3.63) is 44.6 Å². The zero-order valence-electron chi connectivity index (χ0n) is 16.1. The first-order valence-electron chi connectivity index (χ1n) is 9.63. The zero-order valence-corrected chi connectivity index (χ0v) is 17.7. The molecule has 0 saturated heterocycles. The number of ketones is 1. The molecular formula is C20H21ClF2N4OS. The lowest BCUT2D eigenvalue weighted by Crippen LogP contribution is -2.15. The number of Topliss-reactive ketones (excluding diaryl/α,β-unsaturated/α-hetero) is 1. The highest BCUT2D eigenvalue weighted by Crippen LogP contribution is 2.41. The fourth-order valence-electron chi connectivity index (χ4n) is 4.19. The lowest BCUT2D eigenvalue weighted by atomic mass is 9.86. The van der Waals surface area contributed by atoms with Crippen LogP contribution in [0.5, 0.6) is 0 Å². The van der Waals surface area contributed by atoms with E-state index in [1.165, 1.54) is 23.7 Å². The number of carbonyl (C=O) groups is 1. The molecule has 3 aromatic rings. The molecule has 9 heteroatoms. The Bertz CT molecular complexity index is 1050. The number of hydrogen-bond acceptors (Lipinski definition) is 5. The third-order valence-electron chi connectivity index (χ3n) is 5.88. The maximum absolute atomic E-state index is 13.3. The SMILES string of the molecule is Cc1csc(C(=O)C2CCC(C)[C@H](c3cc(C(F)F)nc4ncnn34)CC2)c1Cl. The van der Waals surface area contributed by atoms with Crippen LogP contribution in [-0.4, -0.2) is 25.4 Å². The number of fused-ring (bicyclic) bond motifs is 1. The van der Waals surface area contributed by atoms with Gasteiger partial charge in [-0.3, -0.25) is 4.79 Å². The van der Waals surface area contributed by atoms with Gasteiger partial charge in [-0.25, -0.2) is 18.3 Å². The number of alkyl halides is 2. The Morgan fingerprint density at radius 3 is 2.76 bits per heavy atom. The van der Waals surface area contributed by atoms with E-state index in [2.05, 4.69) is 22.0 Å². The molecule has 5 nitrogen and oxygen atoms in total. The second-order valence-corrected chi connectivity index (χ2v) is 9.00. The van der Waals surface area contributed by atoms with Crippen molar-refractivity contribution in [1.29, 1.82) is 0 Å².